The van der Waals surface area contributed by atoms with Crippen LogP contribution in [0.4, 0.5) is 4.39 Å². The number of ether oxygens (including phenoxy) is 1. The Labute approximate surface area is 216 Å². The van der Waals surface area contributed by atoms with Gasteiger partial charge in [-0.15, -0.1) is 0 Å². The van der Waals surface area contributed by atoms with E-state index in [9.17, 15) is 14.0 Å². The third-order valence-electron chi connectivity index (χ3n) is 5.36. The lowest BCUT2D eigenvalue weighted by Crippen LogP contribution is -2.47. The Kier molecular flexibility index (Phi) is 11.2. The number of carbonyl (C=O) groups excluding carboxylic acids is 1. The summed E-state index contributed by atoms with van der Waals surface area (Å²) in [6.45, 7) is 9.39. The molecule has 9 heteroatoms. The molecule has 0 fully saturated rings. The maximum absolute atomic E-state index is 14.2. The van der Waals surface area contributed by atoms with E-state index in [4.69, 9.17) is 9.84 Å². The number of carboxylic acid groups (broad SMARTS) is 1. The SMILES string of the molecule is C=CC(=O)[N+]1=C(C)CN(CC(Oc2ccc(C(=O)O)cc2)c2ccc(C)c(F)c2)CC1.CSI. The van der Waals surface area contributed by atoms with Crippen LogP contribution in [0.5, 0.6) is 5.75 Å². The average Bonchev–Trinajstić information content (AvgIpc) is 2.81. The molecule has 34 heavy (non-hydrogen) atoms. The van der Waals surface area contributed by atoms with Crippen molar-refractivity contribution in [1.82, 2.24) is 4.90 Å². The number of halogens is 2. The van der Waals surface area contributed by atoms with Crippen LogP contribution in [0.25, 0.3) is 0 Å². The van der Waals surface area contributed by atoms with Crippen LogP contribution in [0.3, 0.4) is 0 Å². The van der Waals surface area contributed by atoms with E-state index in [1.807, 2.05) is 19.2 Å². The van der Waals surface area contributed by atoms with Crippen LogP contribution in [0.1, 0.15) is 34.5 Å². The molecule has 1 N–H and O–H groups in total. The van der Waals surface area contributed by atoms with Gasteiger partial charge in [-0.3, -0.25) is 4.90 Å². The fraction of sp³-hybridized carbons (Fsp3) is 0.320. The number of aryl methyl sites for hydroxylation is 1. The molecule has 0 bridgehead atoms. The molecule has 0 saturated carbocycles. The molecule has 6 nitrogen and oxygen atoms in total. The standard InChI is InChI=1S/C24H25FN2O4.CH3IS/c1-4-23(28)27-12-11-26(14-17(27)3)15-22(19-6-5-16(2)21(25)13-19)31-20-9-7-18(8-10-20)24(29)30;1-3-2/h4-10,13,22H,1,11-12,14-15H2,2-3H3;1H3/p+1. The largest absolute Gasteiger partial charge is 0.484 e. The van der Waals surface area contributed by atoms with Crippen LogP contribution in [0.2, 0.25) is 0 Å². The zero-order valence-electron chi connectivity index (χ0n) is 19.5. The lowest BCUT2D eigenvalue weighted by atomic mass is 10.1. The van der Waals surface area contributed by atoms with E-state index in [0.29, 0.717) is 43.1 Å². The fourth-order valence-electron chi connectivity index (χ4n) is 3.58. The van der Waals surface area contributed by atoms with Gasteiger partial charge in [0.25, 0.3) is 0 Å². The quantitative estimate of drug-likeness (QED) is 0.270. The van der Waals surface area contributed by atoms with Gasteiger partial charge in [-0.05, 0) is 75.8 Å². The number of aromatic carboxylic acids is 1. The molecular weight excluding hydrogens is 570 g/mol. The molecule has 1 amide bonds. The number of carbonyl (C=O) groups is 2. The third-order valence-corrected chi connectivity index (χ3v) is 5.36. The number of hydrogen-bond acceptors (Lipinski definition) is 5. The van der Waals surface area contributed by atoms with Gasteiger partial charge in [0.1, 0.15) is 17.7 Å². The molecule has 0 aliphatic carbocycles. The number of rotatable bonds is 7. The van der Waals surface area contributed by atoms with Crippen molar-refractivity contribution in [2.75, 3.05) is 32.4 Å². The normalized spacial score (nSPS) is 14.6. The second-order valence-corrected chi connectivity index (χ2v) is 10.7. The van der Waals surface area contributed by atoms with Gasteiger partial charge in [0, 0.05) is 19.5 Å². The van der Waals surface area contributed by atoms with Crippen molar-refractivity contribution in [1.29, 1.82) is 0 Å². The van der Waals surface area contributed by atoms with Crippen LogP contribution in [-0.2, 0) is 4.79 Å². The van der Waals surface area contributed by atoms with E-state index < -0.39 is 12.1 Å². The monoisotopic (exact) mass is 599 g/mol. The van der Waals surface area contributed by atoms with E-state index in [-0.39, 0.29) is 17.3 Å². The summed E-state index contributed by atoms with van der Waals surface area (Å²) >= 11 is 2.20. The molecule has 0 radical (unpaired) electrons. The lowest BCUT2D eigenvalue weighted by molar-refractivity contribution is -0.451. The molecule has 1 aliphatic heterocycles. The minimum atomic E-state index is -1.01. The Morgan fingerprint density at radius 3 is 2.47 bits per heavy atom. The van der Waals surface area contributed by atoms with Crippen molar-refractivity contribution in [2.24, 2.45) is 0 Å². The number of amides is 1. The Hall–Kier alpha value is -2.24. The summed E-state index contributed by atoms with van der Waals surface area (Å²) in [6, 6.07) is 11.2. The third kappa shape index (κ3) is 7.92. The van der Waals surface area contributed by atoms with Crippen LogP contribution in [0.15, 0.2) is 55.1 Å². The molecule has 1 heterocycles. The van der Waals surface area contributed by atoms with E-state index >= 15 is 0 Å². The summed E-state index contributed by atoms with van der Waals surface area (Å²) < 4.78 is 22.1. The first-order valence-corrected chi connectivity index (χ1v) is 14.4. The van der Waals surface area contributed by atoms with E-state index in [0.717, 1.165) is 5.71 Å². The van der Waals surface area contributed by atoms with Gasteiger partial charge in [0.2, 0.25) is 0 Å². The van der Waals surface area contributed by atoms with Crippen LogP contribution in [-0.4, -0.2) is 64.6 Å². The maximum Gasteiger partial charge on any atom is 0.411 e. The van der Waals surface area contributed by atoms with Crippen molar-refractivity contribution >= 4 is 47.7 Å². The Morgan fingerprint density at radius 1 is 1.29 bits per heavy atom. The number of nitrogens with zero attached hydrogens (tertiary/aromatic N) is 2. The van der Waals surface area contributed by atoms with Gasteiger partial charge in [-0.25, -0.2) is 14.0 Å². The minimum Gasteiger partial charge on any atom is -0.484 e. The molecule has 1 aliphatic rings. The average molecular weight is 599 g/mol. The summed E-state index contributed by atoms with van der Waals surface area (Å²) in [4.78, 5) is 25.2. The van der Waals surface area contributed by atoms with Crippen LogP contribution < -0.4 is 4.74 Å². The maximum atomic E-state index is 14.2. The second-order valence-electron chi connectivity index (χ2n) is 7.76. The summed E-state index contributed by atoms with van der Waals surface area (Å²) in [7, 11) is 1.72. The Morgan fingerprint density at radius 2 is 1.94 bits per heavy atom. The molecule has 0 saturated heterocycles. The Balaban J connectivity index is 0.00000129. The molecule has 2 aromatic rings. The molecule has 3 rings (SSSR count). The van der Waals surface area contributed by atoms with E-state index in [1.54, 1.807) is 38.6 Å². The highest BCUT2D eigenvalue weighted by Gasteiger charge is 2.29. The highest BCUT2D eigenvalue weighted by atomic mass is 127. The van der Waals surface area contributed by atoms with Gasteiger partial charge < -0.3 is 9.84 Å². The van der Waals surface area contributed by atoms with Gasteiger partial charge in [-0.2, -0.15) is 4.58 Å². The number of hydrogen-bond donors (Lipinski definition) is 1. The highest BCUT2D eigenvalue weighted by molar-refractivity contribution is 14.2. The molecule has 2 aromatic carbocycles. The van der Waals surface area contributed by atoms with Gasteiger partial charge >= 0.3 is 11.9 Å². The summed E-state index contributed by atoms with van der Waals surface area (Å²) in [5.74, 6) is -0.945. The topological polar surface area (TPSA) is 69.8 Å². The number of carboxylic acids is 1. The zero-order valence-corrected chi connectivity index (χ0v) is 22.4. The van der Waals surface area contributed by atoms with Crippen molar-refractivity contribution in [3.63, 3.8) is 0 Å². The van der Waals surface area contributed by atoms with Crippen LogP contribution >= 0.6 is 30.1 Å². The van der Waals surface area contributed by atoms with Gasteiger partial charge in [-0.1, -0.05) is 27.6 Å². The summed E-state index contributed by atoms with van der Waals surface area (Å²) in [6.07, 6.45) is 2.86. The van der Waals surface area contributed by atoms with Crippen molar-refractivity contribution < 1.29 is 28.4 Å². The van der Waals surface area contributed by atoms with Crippen molar-refractivity contribution in [3.05, 3.63) is 77.6 Å². The zero-order chi connectivity index (χ0) is 25.3. The predicted octanol–water partition coefficient (Wildman–Crippen LogP) is 5.15. The second kappa shape index (κ2) is 13.6. The molecular formula is C25H29FIN2O4S+. The lowest BCUT2D eigenvalue weighted by Gasteiger charge is -2.29. The van der Waals surface area contributed by atoms with Gasteiger partial charge in [0.05, 0.1) is 18.7 Å². The minimum absolute atomic E-state index is 0.121. The molecule has 1 atom stereocenters. The molecule has 1 unspecified atom stereocenters. The van der Waals surface area contributed by atoms with Crippen molar-refractivity contribution in [2.45, 2.75) is 20.0 Å². The van der Waals surface area contributed by atoms with E-state index in [1.165, 1.54) is 24.3 Å². The highest BCUT2D eigenvalue weighted by Crippen LogP contribution is 2.25. The first-order chi connectivity index (χ1) is 16.2. The molecule has 0 aromatic heterocycles. The first kappa shape index (κ1) is 28.0. The first-order valence-electron chi connectivity index (χ1n) is 10.6. The molecule has 182 valence electrons. The summed E-state index contributed by atoms with van der Waals surface area (Å²) in [5.41, 5.74) is 2.32. The Bertz CT molecular complexity index is 1060. The smallest absolute Gasteiger partial charge is 0.411 e. The van der Waals surface area contributed by atoms with Crippen LogP contribution in [0, 0.1) is 12.7 Å². The predicted molar refractivity (Wildman–Crippen MR) is 143 cm³/mol. The summed E-state index contributed by atoms with van der Waals surface area (Å²) in [5, 5.41) is 9.09. The number of benzene rings is 2. The van der Waals surface area contributed by atoms with E-state index in [2.05, 4.69) is 32.7 Å². The molecule has 0 spiro atoms. The van der Waals surface area contributed by atoms with Gasteiger partial charge in [0.15, 0.2) is 12.3 Å². The van der Waals surface area contributed by atoms with Crippen molar-refractivity contribution in [3.8, 4) is 5.75 Å². The fourth-order valence-corrected chi connectivity index (χ4v) is 3.58.